The van der Waals surface area contributed by atoms with Crippen molar-refractivity contribution in [2.75, 3.05) is 26.2 Å². The van der Waals surface area contributed by atoms with Crippen LogP contribution < -0.4 is 5.32 Å². The highest BCUT2D eigenvalue weighted by Crippen LogP contribution is 2.16. The topological polar surface area (TPSA) is 69.7 Å². The Kier molecular flexibility index (Phi) is 4.20. The Morgan fingerprint density at radius 3 is 2.18 bits per heavy atom. The summed E-state index contributed by atoms with van der Waals surface area (Å²) in [5.41, 5.74) is 1.50. The number of amides is 3. The molecule has 2 aliphatic rings. The maximum Gasteiger partial charge on any atom is 0.253 e. The maximum atomic E-state index is 12.3. The first kappa shape index (κ1) is 14.7. The van der Waals surface area contributed by atoms with Gasteiger partial charge in [-0.3, -0.25) is 19.3 Å². The van der Waals surface area contributed by atoms with Crippen molar-refractivity contribution in [2.24, 2.45) is 0 Å². The normalized spacial score (nSPS) is 18.9. The lowest BCUT2D eigenvalue weighted by molar-refractivity contribution is -0.139. The number of carbonyl (C=O) groups is 3. The highest BCUT2D eigenvalue weighted by Gasteiger charge is 2.28. The largest absolute Gasteiger partial charge is 0.336 e. The minimum Gasteiger partial charge on any atom is -0.336 e. The van der Waals surface area contributed by atoms with Crippen LogP contribution in [0.2, 0.25) is 0 Å². The fourth-order valence-corrected chi connectivity index (χ4v) is 2.79. The first-order valence-electron chi connectivity index (χ1n) is 7.57. The summed E-state index contributed by atoms with van der Waals surface area (Å²) < 4.78 is 0. The molecular weight excluding hydrogens is 282 g/mol. The second kappa shape index (κ2) is 6.27. The lowest BCUT2D eigenvalue weighted by Crippen LogP contribution is -2.46. The zero-order chi connectivity index (χ0) is 15.5. The Morgan fingerprint density at radius 2 is 1.59 bits per heavy atom. The molecule has 22 heavy (non-hydrogen) atoms. The highest BCUT2D eigenvalue weighted by atomic mass is 16.2. The third-order valence-electron chi connectivity index (χ3n) is 4.10. The third-order valence-corrected chi connectivity index (χ3v) is 4.10. The van der Waals surface area contributed by atoms with Gasteiger partial charge >= 0.3 is 0 Å². The van der Waals surface area contributed by atoms with E-state index in [1.807, 2.05) is 17.0 Å². The molecule has 3 amide bonds. The Morgan fingerprint density at radius 1 is 1.00 bits per heavy atom. The van der Waals surface area contributed by atoms with E-state index < -0.39 is 0 Å². The third kappa shape index (κ3) is 3.01. The Hall–Kier alpha value is -2.21. The molecule has 116 valence electrons. The van der Waals surface area contributed by atoms with E-state index in [9.17, 15) is 14.4 Å². The number of imide groups is 1. The molecular formula is C16H19N3O3. The van der Waals surface area contributed by atoms with Crippen LogP contribution in [0.3, 0.4) is 0 Å². The molecule has 6 nitrogen and oxygen atoms in total. The van der Waals surface area contributed by atoms with E-state index in [4.69, 9.17) is 0 Å². The highest BCUT2D eigenvalue weighted by molar-refractivity contribution is 6.01. The summed E-state index contributed by atoms with van der Waals surface area (Å²) in [6.07, 6.45) is 0.608. The van der Waals surface area contributed by atoms with Crippen molar-refractivity contribution in [2.45, 2.75) is 19.4 Å². The van der Waals surface area contributed by atoms with E-state index in [-0.39, 0.29) is 17.7 Å². The van der Waals surface area contributed by atoms with E-state index in [0.29, 0.717) is 24.9 Å². The Labute approximate surface area is 129 Å². The molecule has 0 aliphatic carbocycles. The number of nitrogens with one attached hydrogen (secondary N) is 1. The lowest BCUT2D eigenvalue weighted by atomic mass is 10.1. The van der Waals surface area contributed by atoms with E-state index in [1.54, 1.807) is 12.1 Å². The summed E-state index contributed by atoms with van der Waals surface area (Å²) >= 11 is 0. The SMILES string of the molecule is O=C(c1ccc(CN2C(=O)CCC2=O)cc1)N1CCNCC1. The summed E-state index contributed by atoms with van der Waals surface area (Å²) in [7, 11) is 0. The van der Waals surface area contributed by atoms with Crippen LogP contribution in [0.4, 0.5) is 0 Å². The number of rotatable bonds is 3. The van der Waals surface area contributed by atoms with Gasteiger partial charge in [-0.05, 0) is 17.7 Å². The van der Waals surface area contributed by atoms with Crippen molar-refractivity contribution in [3.8, 4) is 0 Å². The molecule has 0 saturated carbocycles. The average molecular weight is 301 g/mol. The maximum absolute atomic E-state index is 12.3. The van der Waals surface area contributed by atoms with Crippen molar-refractivity contribution >= 4 is 17.7 Å². The van der Waals surface area contributed by atoms with Crippen molar-refractivity contribution in [3.63, 3.8) is 0 Å². The van der Waals surface area contributed by atoms with Crippen LogP contribution in [0.1, 0.15) is 28.8 Å². The van der Waals surface area contributed by atoms with Gasteiger partial charge in [0.2, 0.25) is 11.8 Å². The van der Waals surface area contributed by atoms with E-state index >= 15 is 0 Å². The fraction of sp³-hybridized carbons (Fsp3) is 0.438. The number of nitrogens with zero attached hydrogens (tertiary/aromatic N) is 2. The van der Waals surface area contributed by atoms with Gasteiger partial charge in [0, 0.05) is 44.6 Å². The minimum absolute atomic E-state index is 0.0291. The molecule has 0 aromatic heterocycles. The number of hydrogen-bond donors (Lipinski definition) is 1. The van der Waals surface area contributed by atoms with Gasteiger partial charge in [-0.1, -0.05) is 12.1 Å². The van der Waals surface area contributed by atoms with Crippen molar-refractivity contribution < 1.29 is 14.4 Å². The molecule has 0 spiro atoms. The molecule has 1 aromatic rings. The molecule has 2 heterocycles. The molecule has 0 unspecified atom stereocenters. The predicted molar refractivity (Wildman–Crippen MR) is 80.0 cm³/mol. The van der Waals surface area contributed by atoms with Gasteiger partial charge < -0.3 is 10.2 Å². The molecule has 1 N–H and O–H groups in total. The smallest absolute Gasteiger partial charge is 0.253 e. The zero-order valence-electron chi connectivity index (χ0n) is 12.4. The molecule has 6 heteroatoms. The van der Waals surface area contributed by atoms with E-state index in [0.717, 1.165) is 31.7 Å². The fourth-order valence-electron chi connectivity index (χ4n) is 2.79. The number of carbonyl (C=O) groups excluding carboxylic acids is 3. The van der Waals surface area contributed by atoms with E-state index in [2.05, 4.69) is 5.32 Å². The van der Waals surface area contributed by atoms with Gasteiger partial charge in [-0.15, -0.1) is 0 Å². The van der Waals surface area contributed by atoms with Crippen LogP contribution in [0.25, 0.3) is 0 Å². The van der Waals surface area contributed by atoms with Gasteiger partial charge in [-0.2, -0.15) is 0 Å². The summed E-state index contributed by atoms with van der Waals surface area (Å²) in [4.78, 5) is 38.7. The van der Waals surface area contributed by atoms with Gasteiger partial charge in [-0.25, -0.2) is 0 Å². The van der Waals surface area contributed by atoms with Crippen LogP contribution >= 0.6 is 0 Å². The molecule has 2 aliphatic heterocycles. The van der Waals surface area contributed by atoms with Gasteiger partial charge in [0.15, 0.2) is 0 Å². The molecule has 1 aromatic carbocycles. The van der Waals surface area contributed by atoms with Gasteiger partial charge in [0.05, 0.1) is 6.54 Å². The van der Waals surface area contributed by atoms with Crippen molar-refractivity contribution in [1.82, 2.24) is 15.1 Å². The molecule has 3 rings (SSSR count). The number of hydrogen-bond acceptors (Lipinski definition) is 4. The summed E-state index contributed by atoms with van der Waals surface area (Å²) in [6.45, 7) is 3.38. The molecule has 0 atom stereocenters. The Balaban J connectivity index is 1.66. The number of likely N-dealkylation sites (tertiary alicyclic amines) is 1. The van der Waals surface area contributed by atoms with Crippen LogP contribution in [-0.4, -0.2) is 53.7 Å². The first-order valence-corrected chi connectivity index (χ1v) is 7.57. The monoisotopic (exact) mass is 301 g/mol. The molecule has 2 fully saturated rings. The zero-order valence-corrected chi connectivity index (χ0v) is 12.4. The van der Waals surface area contributed by atoms with Crippen molar-refractivity contribution in [3.05, 3.63) is 35.4 Å². The van der Waals surface area contributed by atoms with Gasteiger partial charge in [0.25, 0.3) is 5.91 Å². The Bertz CT molecular complexity index is 575. The first-order chi connectivity index (χ1) is 10.6. The predicted octanol–water partition coefficient (Wildman–Crippen LogP) is 0.381. The number of piperazine rings is 1. The summed E-state index contributed by atoms with van der Waals surface area (Å²) in [6, 6.07) is 7.16. The standard InChI is InChI=1S/C16H19N3O3/c20-14-5-6-15(21)19(14)11-12-1-3-13(4-2-12)16(22)18-9-7-17-8-10-18/h1-4,17H,5-11H2. The summed E-state index contributed by atoms with van der Waals surface area (Å²) in [5, 5.41) is 3.22. The van der Waals surface area contributed by atoms with Crippen LogP contribution in [-0.2, 0) is 16.1 Å². The minimum atomic E-state index is -0.119. The van der Waals surface area contributed by atoms with Crippen molar-refractivity contribution in [1.29, 1.82) is 0 Å². The lowest BCUT2D eigenvalue weighted by Gasteiger charge is -2.27. The summed E-state index contributed by atoms with van der Waals surface area (Å²) in [5.74, 6) is -0.210. The number of benzene rings is 1. The molecule has 0 bridgehead atoms. The molecule has 2 saturated heterocycles. The molecule has 0 radical (unpaired) electrons. The van der Waals surface area contributed by atoms with Crippen LogP contribution in [0, 0.1) is 0 Å². The van der Waals surface area contributed by atoms with Crippen LogP contribution in [0.5, 0.6) is 0 Å². The van der Waals surface area contributed by atoms with Crippen LogP contribution in [0.15, 0.2) is 24.3 Å². The average Bonchev–Trinajstić information content (AvgIpc) is 2.88. The second-order valence-electron chi connectivity index (χ2n) is 5.61. The second-order valence-corrected chi connectivity index (χ2v) is 5.61. The van der Waals surface area contributed by atoms with Gasteiger partial charge in [0.1, 0.15) is 0 Å². The quantitative estimate of drug-likeness (QED) is 0.820. The van der Waals surface area contributed by atoms with E-state index in [1.165, 1.54) is 4.90 Å².